The second-order valence-corrected chi connectivity index (χ2v) is 14.1. The molecule has 0 aliphatic carbocycles. The smallest absolute Gasteiger partial charge is 0.00988 e. The van der Waals surface area contributed by atoms with Crippen molar-refractivity contribution in [1.29, 1.82) is 0 Å². The van der Waals surface area contributed by atoms with E-state index >= 15 is 0 Å². The molecule has 0 fully saturated rings. The fraction of sp³-hybridized carbons (Fsp3) is 0. The molecule has 0 saturated carbocycles. The van der Waals surface area contributed by atoms with Crippen LogP contribution in [-0.4, -0.2) is 0 Å². The first kappa shape index (κ1) is 29.0. The topological polar surface area (TPSA) is 0 Å². The van der Waals surface area contributed by atoms with Crippen LogP contribution < -0.4 is 0 Å². The zero-order chi connectivity index (χ0) is 34.2. The third kappa shape index (κ3) is 4.55. The predicted octanol–water partition coefficient (Wildman–Crippen LogP) is 14.8. The number of hydrogen-bond donors (Lipinski definition) is 0. The van der Waals surface area contributed by atoms with E-state index in [1.165, 1.54) is 109 Å². The van der Waals surface area contributed by atoms with Crippen molar-refractivity contribution < 1.29 is 0 Å². The summed E-state index contributed by atoms with van der Waals surface area (Å²) in [6.07, 6.45) is 0. The summed E-state index contributed by atoms with van der Waals surface area (Å²) in [6, 6.07) is 71.9. The minimum Gasteiger partial charge on any atom is -0.0616 e. The van der Waals surface area contributed by atoms with E-state index in [1.54, 1.807) is 0 Å². The monoisotopic (exact) mass is 656 g/mol. The molecule has 240 valence electrons. The van der Waals surface area contributed by atoms with Crippen LogP contribution in [0.1, 0.15) is 0 Å². The molecule has 0 aliphatic heterocycles. The van der Waals surface area contributed by atoms with Gasteiger partial charge in [0.15, 0.2) is 0 Å². The second kappa shape index (κ2) is 11.4. The Morgan fingerprint density at radius 2 is 0.558 bits per heavy atom. The molecule has 0 aliphatic rings. The van der Waals surface area contributed by atoms with Crippen LogP contribution in [-0.2, 0) is 0 Å². The summed E-state index contributed by atoms with van der Waals surface area (Å²) in [6.45, 7) is 0. The molecule has 0 N–H and O–H groups in total. The van der Waals surface area contributed by atoms with Gasteiger partial charge in [-0.05, 0) is 139 Å². The van der Waals surface area contributed by atoms with Gasteiger partial charge in [-0.25, -0.2) is 0 Å². The maximum Gasteiger partial charge on any atom is -0.00988 e. The van der Waals surface area contributed by atoms with E-state index in [1.807, 2.05) is 0 Å². The van der Waals surface area contributed by atoms with E-state index in [0.29, 0.717) is 0 Å². The molecular weight excluding hydrogens is 625 g/mol. The van der Waals surface area contributed by atoms with Crippen LogP contribution in [0.2, 0.25) is 0 Å². The Balaban J connectivity index is 0.958. The molecule has 11 aromatic rings. The SMILES string of the molecule is c1ccc2c(-c3ccc4c(ccc5cc(-c6ccc7c(ccc8cc(-c9cc%10ccccc%10c%10ccccc9%10)ccc87)c6)ccc54)c3)cccc2c1. The minimum atomic E-state index is 1.24. The highest BCUT2D eigenvalue weighted by Crippen LogP contribution is 2.39. The Morgan fingerprint density at radius 3 is 1.15 bits per heavy atom. The van der Waals surface area contributed by atoms with Crippen molar-refractivity contribution >= 4 is 75.4 Å². The Bertz CT molecular complexity index is 3230. The van der Waals surface area contributed by atoms with Crippen molar-refractivity contribution in [3.8, 4) is 33.4 Å². The molecule has 11 rings (SSSR count). The van der Waals surface area contributed by atoms with Crippen LogP contribution in [0.25, 0.3) is 109 Å². The van der Waals surface area contributed by atoms with Gasteiger partial charge < -0.3 is 0 Å². The highest BCUT2D eigenvalue weighted by atomic mass is 14.2. The van der Waals surface area contributed by atoms with Gasteiger partial charge >= 0.3 is 0 Å². The molecule has 0 amide bonds. The van der Waals surface area contributed by atoms with Crippen molar-refractivity contribution in [2.45, 2.75) is 0 Å². The summed E-state index contributed by atoms with van der Waals surface area (Å²) < 4.78 is 0. The van der Waals surface area contributed by atoms with Crippen LogP contribution in [0.15, 0.2) is 194 Å². The van der Waals surface area contributed by atoms with E-state index in [9.17, 15) is 0 Å². The zero-order valence-corrected chi connectivity index (χ0v) is 28.5. The molecule has 0 heteroatoms. The van der Waals surface area contributed by atoms with Gasteiger partial charge in [0.1, 0.15) is 0 Å². The molecule has 11 aromatic carbocycles. The highest BCUT2D eigenvalue weighted by molar-refractivity contribution is 6.16. The Labute approximate surface area is 301 Å². The first-order valence-corrected chi connectivity index (χ1v) is 18.1. The summed E-state index contributed by atoms with van der Waals surface area (Å²) in [5.41, 5.74) is 7.53. The van der Waals surface area contributed by atoms with Crippen LogP contribution in [0, 0.1) is 0 Å². The normalized spacial score (nSPS) is 11.8. The number of rotatable bonds is 3. The molecule has 0 unspecified atom stereocenters. The van der Waals surface area contributed by atoms with Crippen molar-refractivity contribution in [3.05, 3.63) is 194 Å². The van der Waals surface area contributed by atoms with E-state index in [-0.39, 0.29) is 0 Å². The van der Waals surface area contributed by atoms with Gasteiger partial charge in [0.25, 0.3) is 0 Å². The quantitative estimate of drug-likeness (QED) is 0.166. The molecule has 52 heavy (non-hydrogen) atoms. The van der Waals surface area contributed by atoms with Gasteiger partial charge in [-0.15, -0.1) is 0 Å². The van der Waals surface area contributed by atoms with Crippen LogP contribution in [0.3, 0.4) is 0 Å². The van der Waals surface area contributed by atoms with Gasteiger partial charge in [0, 0.05) is 0 Å². The lowest BCUT2D eigenvalue weighted by Crippen LogP contribution is -1.86. The summed E-state index contributed by atoms with van der Waals surface area (Å²) in [7, 11) is 0. The molecule has 0 spiro atoms. The number of fused-ring (bicyclic) bond motifs is 10. The summed E-state index contributed by atoms with van der Waals surface area (Å²) in [5, 5.41) is 17.9. The van der Waals surface area contributed by atoms with Crippen molar-refractivity contribution in [2.24, 2.45) is 0 Å². The lowest BCUT2D eigenvalue weighted by atomic mass is 9.91. The van der Waals surface area contributed by atoms with Gasteiger partial charge in [0.2, 0.25) is 0 Å². The van der Waals surface area contributed by atoms with E-state index in [4.69, 9.17) is 0 Å². The molecule has 0 aromatic heterocycles. The molecule has 0 nitrogen and oxygen atoms in total. The Morgan fingerprint density at radius 1 is 0.173 bits per heavy atom. The minimum absolute atomic E-state index is 1.24. The Hall–Kier alpha value is -6.76. The van der Waals surface area contributed by atoms with Gasteiger partial charge in [-0.3, -0.25) is 0 Å². The first-order chi connectivity index (χ1) is 25.7. The standard InChI is InChI=1S/C52H32/c1-3-11-43-33(8-1)10-7-15-44(43)41-22-26-48-39(30-41)18-16-37-28-34(20-24-46(37)48)35-21-25-47-38(29-35)17-19-40-31-42(23-27-49(40)47)52-32-36-9-2-4-12-45(36)50-13-5-6-14-51(50)52/h1-32H. The molecular formula is C52H32. The summed E-state index contributed by atoms with van der Waals surface area (Å²) >= 11 is 0. The van der Waals surface area contributed by atoms with Crippen molar-refractivity contribution in [1.82, 2.24) is 0 Å². The third-order valence-corrected chi connectivity index (χ3v) is 11.2. The van der Waals surface area contributed by atoms with E-state index in [0.717, 1.165) is 0 Å². The predicted molar refractivity (Wildman–Crippen MR) is 225 cm³/mol. The van der Waals surface area contributed by atoms with E-state index in [2.05, 4.69) is 194 Å². The van der Waals surface area contributed by atoms with Gasteiger partial charge in [-0.1, -0.05) is 164 Å². The van der Waals surface area contributed by atoms with Crippen LogP contribution in [0.5, 0.6) is 0 Å². The Kier molecular flexibility index (Phi) is 6.35. The summed E-state index contributed by atoms with van der Waals surface area (Å²) in [5.74, 6) is 0. The average molecular weight is 657 g/mol. The summed E-state index contributed by atoms with van der Waals surface area (Å²) in [4.78, 5) is 0. The maximum absolute atomic E-state index is 2.36. The molecule has 0 saturated heterocycles. The third-order valence-electron chi connectivity index (χ3n) is 11.2. The fourth-order valence-corrected chi connectivity index (χ4v) is 8.61. The van der Waals surface area contributed by atoms with Crippen LogP contribution in [0.4, 0.5) is 0 Å². The molecule has 0 bridgehead atoms. The van der Waals surface area contributed by atoms with Crippen LogP contribution >= 0.6 is 0 Å². The molecule has 0 atom stereocenters. The maximum atomic E-state index is 2.36. The van der Waals surface area contributed by atoms with Gasteiger partial charge in [-0.2, -0.15) is 0 Å². The lowest BCUT2D eigenvalue weighted by molar-refractivity contribution is 1.67. The first-order valence-electron chi connectivity index (χ1n) is 18.1. The fourth-order valence-electron chi connectivity index (χ4n) is 8.61. The van der Waals surface area contributed by atoms with Crippen molar-refractivity contribution in [2.75, 3.05) is 0 Å². The zero-order valence-electron chi connectivity index (χ0n) is 28.5. The average Bonchev–Trinajstić information content (AvgIpc) is 3.22. The molecule has 0 heterocycles. The number of benzene rings is 11. The largest absolute Gasteiger partial charge is 0.0616 e. The lowest BCUT2D eigenvalue weighted by Gasteiger charge is -2.13. The second-order valence-electron chi connectivity index (χ2n) is 14.1. The van der Waals surface area contributed by atoms with E-state index < -0.39 is 0 Å². The highest BCUT2D eigenvalue weighted by Gasteiger charge is 2.12. The number of hydrogen-bond acceptors (Lipinski definition) is 0. The van der Waals surface area contributed by atoms with Crippen molar-refractivity contribution in [3.63, 3.8) is 0 Å². The van der Waals surface area contributed by atoms with Gasteiger partial charge in [0.05, 0.1) is 0 Å². The molecule has 0 radical (unpaired) electrons.